The van der Waals surface area contributed by atoms with Crippen LogP contribution in [0.15, 0.2) is 30.4 Å². The number of carbonyl (C=O) groups is 1. The van der Waals surface area contributed by atoms with Gasteiger partial charge in [-0.1, -0.05) is 12.2 Å². The highest BCUT2D eigenvalue weighted by Gasteiger charge is 2.25. The van der Waals surface area contributed by atoms with Crippen molar-refractivity contribution in [3.05, 3.63) is 47.5 Å². The number of hydrogen-bond donors (Lipinski definition) is 1. The summed E-state index contributed by atoms with van der Waals surface area (Å²) in [5, 5.41) is 0. The lowest BCUT2D eigenvalue weighted by Gasteiger charge is -2.08. The van der Waals surface area contributed by atoms with Crippen molar-refractivity contribution in [2.24, 2.45) is 11.7 Å². The molecule has 2 atom stereocenters. The Morgan fingerprint density at radius 1 is 1.31 bits per heavy atom. The summed E-state index contributed by atoms with van der Waals surface area (Å²) in [5.74, 6) is -2.25. The summed E-state index contributed by atoms with van der Waals surface area (Å²) in [7, 11) is 0. The number of nitrogens with two attached hydrogens (primary N) is 1. The van der Waals surface area contributed by atoms with Crippen LogP contribution in [0.25, 0.3) is 0 Å². The van der Waals surface area contributed by atoms with E-state index in [1.165, 1.54) is 6.07 Å². The van der Waals surface area contributed by atoms with Crippen LogP contribution < -0.4 is 5.73 Å². The van der Waals surface area contributed by atoms with Gasteiger partial charge in [-0.2, -0.15) is 0 Å². The SMILES string of the molecule is NC1C=CC(C(=O)c2ccc(F)cc2F)C1. The molecule has 2 unspecified atom stereocenters. The van der Waals surface area contributed by atoms with Crippen molar-refractivity contribution >= 4 is 5.78 Å². The minimum absolute atomic E-state index is 0.0786. The first kappa shape index (κ1) is 11.0. The van der Waals surface area contributed by atoms with Crippen LogP contribution in [-0.4, -0.2) is 11.8 Å². The largest absolute Gasteiger partial charge is 0.324 e. The van der Waals surface area contributed by atoms with Gasteiger partial charge in [-0.05, 0) is 18.6 Å². The number of benzene rings is 1. The monoisotopic (exact) mass is 223 g/mol. The Labute approximate surface area is 91.8 Å². The summed E-state index contributed by atoms with van der Waals surface area (Å²) in [5.41, 5.74) is 5.53. The summed E-state index contributed by atoms with van der Waals surface area (Å²) in [4.78, 5) is 11.9. The van der Waals surface area contributed by atoms with E-state index in [1.807, 2.05) is 0 Å². The van der Waals surface area contributed by atoms with Crippen molar-refractivity contribution in [2.75, 3.05) is 0 Å². The highest BCUT2D eigenvalue weighted by atomic mass is 19.1. The van der Waals surface area contributed by atoms with Crippen molar-refractivity contribution < 1.29 is 13.6 Å². The maximum absolute atomic E-state index is 13.3. The Bertz CT molecular complexity index is 456. The molecule has 0 aliphatic heterocycles. The second-order valence-electron chi connectivity index (χ2n) is 3.88. The molecule has 0 heterocycles. The summed E-state index contributed by atoms with van der Waals surface area (Å²) < 4.78 is 26.0. The molecule has 0 spiro atoms. The van der Waals surface area contributed by atoms with Crippen LogP contribution in [0.5, 0.6) is 0 Å². The molecule has 0 amide bonds. The van der Waals surface area contributed by atoms with E-state index in [0.717, 1.165) is 6.07 Å². The molecule has 0 saturated carbocycles. The normalized spacial score (nSPS) is 23.7. The van der Waals surface area contributed by atoms with Gasteiger partial charge in [-0.15, -0.1) is 0 Å². The zero-order valence-corrected chi connectivity index (χ0v) is 8.49. The molecule has 0 aromatic heterocycles. The van der Waals surface area contributed by atoms with E-state index in [4.69, 9.17) is 5.73 Å². The Kier molecular flexibility index (Phi) is 2.83. The predicted octanol–water partition coefficient (Wildman–Crippen LogP) is 2.05. The van der Waals surface area contributed by atoms with Gasteiger partial charge in [0.25, 0.3) is 0 Å². The highest BCUT2D eigenvalue weighted by molar-refractivity contribution is 5.99. The first-order chi connectivity index (χ1) is 7.58. The molecule has 2 N–H and O–H groups in total. The van der Waals surface area contributed by atoms with E-state index >= 15 is 0 Å². The van der Waals surface area contributed by atoms with Crippen molar-refractivity contribution in [1.82, 2.24) is 0 Å². The van der Waals surface area contributed by atoms with Crippen LogP contribution in [0, 0.1) is 17.6 Å². The lowest BCUT2D eigenvalue weighted by molar-refractivity contribution is 0.0939. The Hall–Kier alpha value is -1.55. The van der Waals surface area contributed by atoms with E-state index in [9.17, 15) is 13.6 Å². The molecule has 1 aromatic rings. The average molecular weight is 223 g/mol. The van der Waals surface area contributed by atoms with Crippen LogP contribution in [0.2, 0.25) is 0 Å². The van der Waals surface area contributed by atoms with E-state index in [1.54, 1.807) is 12.2 Å². The van der Waals surface area contributed by atoms with E-state index in [-0.39, 0.29) is 17.4 Å². The molecule has 16 heavy (non-hydrogen) atoms. The summed E-state index contributed by atoms with van der Waals surface area (Å²) in [6.07, 6.45) is 3.88. The molecule has 2 rings (SSSR count). The molecule has 0 radical (unpaired) electrons. The Morgan fingerprint density at radius 3 is 2.62 bits per heavy atom. The molecule has 2 nitrogen and oxygen atoms in total. The third kappa shape index (κ3) is 2.02. The second kappa shape index (κ2) is 4.14. The Morgan fingerprint density at radius 2 is 2.06 bits per heavy atom. The van der Waals surface area contributed by atoms with Gasteiger partial charge in [0.1, 0.15) is 11.6 Å². The van der Waals surface area contributed by atoms with Crippen LogP contribution in [0.1, 0.15) is 16.8 Å². The van der Waals surface area contributed by atoms with Crippen molar-refractivity contribution in [3.63, 3.8) is 0 Å². The standard InChI is InChI=1S/C12H11F2NO/c13-8-2-4-10(11(14)6-8)12(16)7-1-3-9(15)5-7/h1-4,6-7,9H,5,15H2. The number of hydrogen-bond acceptors (Lipinski definition) is 2. The molecule has 1 aliphatic carbocycles. The first-order valence-corrected chi connectivity index (χ1v) is 5.01. The molecule has 4 heteroatoms. The van der Waals surface area contributed by atoms with Gasteiger partial charge in [0.05, 0.1) is 5.56 Å². The van der Waals surface area contributed by atoms with Crippen molar-refractivity contribution in [1.29, 1.82) is 0 Å². The number of halogens is 2. The van der Waals surface area contributed by atoms with E-state index < -0.39 is 17.6 Å². The van der Waals surface area contributed by atoms with Gasteiger partial charge >= 0.3 is 0 Å². The maximum atomic E-state index is 13.3. The lowest BCUT2D eigenvalue weighted by Crippen LogP contribution is -2.19. The maximum Gasteiger partial charge on any atom is 0.172 e. The fraction of sp³-hybridized carbons (Fsp3) is 0.250. The molecule has 0 fully saturated rings. The first-order valence-electron chi connectivity index (χ1n) is 5.01. The molecule has 1 aliphatic rings. The summed E-state index contributed by atoms with van der Waals surface area (Å²) in [6.45, 7) is 0. The minimum atomic E-state index is -0.820. The summed E-state index contributed by atoms with van der Waals surface area (Å²) in [6, 6.07) is 2.81. The molecule has 0 saturated heterocycles. The molecular weight excluding hydrogens is 212 g/mol. The third-order valence-electron chi connectivity index (χ3n) is 2.65. The van der Waals surface area contributed by atoms with Gasteiger partial charge in [0.15, 0.2) is 5.78 Å². The van der Waals surface area contributed by atoms with Gasteiger partial charge in [0, 0.05) is 18.0 Å². The van der Waals surface area contributed by atoms with Crippen LogP contribution in [0.4, 0.5) is 8.78 Å². The zero-order chi connectivity index (χ0) is 11.7. The number of allylic oxidation sites excluding steroid dienone is 1. The zero-order valence-electron chi connectivity index (χ0n) is 8.49. The molecule has 1 aromatic carbocycles. The number of ketones is 1. The predicted molar refractivity (Wildman–Crippen MR) is 55.9 cm³/mol. The van der Waals surface area contributed by atoms with Gasteiger partial charge < -0.3 is 5.73 Å². The van der Waals surface area contributed by atoms with Crippen LogP contribution in [-0.2, 0) is 0 Å². The quantitative estimate of drug-likeness (QED) is 0.616. The van der Waals surface area contributed by atoms with Gasteiger partial charge in [0.2, 0.25) is 0 Å². The fourth-order valence-electron chi connectivity index (χ4n) is 1.81. The highest BCUT2D eigenvalue weighted by Crippen LogP contribution is 2.23. The number of Topliss-reactive ketones (excluding diaryl/α,β-unsaturated/α-hetero) is 1. The fourth-order valence-corrected chi connectivity index (χ4v) is 1.81. The minimum Gasteiger partial charge on any atom is -0.324 e. The molecular formula is C12H11F2NO. The number of carbonyl (C=O) groups excluding carboxylic acids is 1. The van der Waals surface area contributed by atoms with E-state index in [0.29, 0.717) is 12.5 Å². The number of rotatable bonds is 2. The summed E-state index contributed by atoms with van der Waals surface area (Å²) >= 11 is 0. The van der Waals surface area contributed by atoms with Gasteiger partial charge in [-0.3, -0.25) is 4.79 Å². The second-order valence-corrected chi connectivity index (χ2v) is 3.88. The Balaban J connectivity index is 2.24. The van der Waals surface area contributed by atoms with Crippen molar-refractivity contribution in [3.8, 4) is 0 Å². The van der Waals surface area contributed by atoms with Crippen LogP contribution >= 0.6 is 0 Å². The topological polar surface area (TPSA) is 43.1 Å². The lowest BCUT2D eigenvalue weighted by atomic mass is 9.96. The average Bonchev–Trinajstić information content (AvgIpc) is 2.64. The van der Waals surface area contributed by atoms with Crippen LogP contribution in [0.3, 0.4) is 0 Å². The van der Waals surface area contributed by atoms with Crippen molar-refractivity contribution in [2.45, 2.75) is 12.5 Å². The van der Waals surface area contributed by atoms with E-state index in [2.05, 4.69) is 0 Å². The van der Waals surface area contributed by atoms with Gasteiger partial charge in [-0.25, -0.2) is 8.78 Å². The molecule has 84 valence electrons. The smallest absolute Gasteiger partial charge is 0.172 e. The molecule has 0 bridgehead atoms. The third-order valence-corrected chi connectivity index (χ3v) is 2.65.